The van der Waals surface area contributed by atoms with Crippen LogP contribution in [0.25, 0.3) is 0 Å². The molecular weight excluding hydrogens is 238 g/mol. The Morgan fingerprint density at radius 2 is 2.11 bits per heavy atom. The molecule has 96 valence electrons. The largest absolute Gasteiger partial charge is 0.348 e. The minimum absolute atomic E-state index is 0.0331. The maximum Gasteiger partial charge on any atom is 0.246 e. The summed E-state index contributed by atoms with van der Waals surface area (Å²) < 4.78 is 2.19. The van der Waals surface area contributed by atoms with E-state index in [4.69, 9.17) is 0 Å². The van der Waals surface area contributed by atoms with Gasteiger partial charge in [0, 0.05) is 37.4 Å². The lowest BCUT2D eigenvalue weighted by Gasteiger charge is -2.36. The zero-order valence-corrected chi connectivity index (χ0v) is 10.6. The van der Waals surface area contributed by atoms with Gasteiger partial charge in [0.25, 0.3) is 0 Å². The van der Waals surface area contributed by atoms with Crippen LogP contribution in [0.1, 0.15) is 17.3 Å². The Labute approximate surface area is 112 Å². The second-order valence-electron chi connectivity index (χ2n) is 4.55. The summed E-state index contributed by atoms with van der Waals surface area (Å²) in [6.07, 6.45) is 6.95. The van der Waals surface area contributed by atoms with Crippen LogP contribution in [0.15, 0.2) is 55.5 Å². The summed E-state index contributed by atoms with van der Waals surface area (Å²) in [5.74, 6) is -0.0331. The summed E-state index contributed by atoms with van der Waals surface area (Å²) in [7, 11) is 0. The molecule has 0 aromatic carbocycles. The number of aromatic nitrogens is 2. The molecule has 2 aromatic rings. The van der Waals surface area contributed by atoms with Gasteiger partial charge < -0.3 is 9.47 Å². The van der Waals surface area contributed by atoms with Crippen molar-refractivity contribution in [1.29, 1.82) is 0 Å². The van der Waals surface area contributed by atoms with Crippen LogP contribution in [0, 0.1) is 0 Å². The maximum atomic E-state index is 12.1. The number of hydrogen-bond donors (Lipinski definition) is 0. The quantitative estimate of drug-likeness (QED) is 0.768. The molecule has 0 saturated carbocycles. The van der Waals surface area contributed by atoms with Crippen LogP contribution in [0.4, 0.5) is 0 Å². The van der Waals surface area contributed by atoms with E-state index in [9.17, 15) is 4.79 Å². The molecule has 0 fully saturated rings. The minimum atomic E-state index is -0.0581. The molecule has 0 spiro atoms. The number of rotatable bonds is 2. The molecule has 1 aliphatic rings. The van der Waals surface area contributed by atoms with Crippen molar-refractivity contribution in [3.63, 3.8) is 0 Å². The number of amides is 1. The van der Waals surface area contributed by atoms with E-state index in [1.54, 1.807) is 12.4 Å². The van der Waals surface area contributed by atoms with Gasteiger partial charge in [-0.1, -0.05) is 6.58 Å². The minimum Gasteiger partial charge on any atom is -0.348 e. The van der Waals surface area contributed by atoms with E-state index in [1.807, 2.05) is 23.1 Å². The molecule has 1 atom stereocenters. The summed E-state index contributed by atoms with van der Waals surface area (Å²) >= 11 is 0. The van der Waals surface area contributed by atoms with Gasteiger partial charge in [0.2, 0.25) is 5.91 Å². The predicted octanol–water partition coefficient (Wildman–Crippen LogP) is 2.00. The topological polar surface area (TPSA) is 38.1 Å². The van der Waals surface area contributed by atoms with Crippen molar-refractivity contribution >= 4 is 5.91 Å². The second kappa shape index (κ2) is 4.72. The van der Waals surface area contributed by atoms with Crippen molar-refractivity contribution in [2.45, 2.75) is 12.6 Å². The van der Waals surface area contributed by atoms with Crippen LogP contribution in [-0.2, 0) is 11.3 Å². The Morgan fingerprint density at radius 3 is 2.84 bits per heavy atom. The number of carbonyl (C=O) groups is 1. The van der Waals surface area contributed by atoms with Gasteiger partial charge in [-0.15, -0.1) is 0 Å². The van der Waals surface area contributed by atoms with Crippen molar-refractivity contribution < 1.29 is 4.79 Å². The molecule has 2 aromatic heterocycles. The highest BCUT2D eigenvalue weighted by Gasteiger charge is 2.30. The number of nitrogens with zero attached hydrogens (tertiary/aromatic N) is 3. The van der Waals surface area contributed by atoms with Gasteiger partial charge >= 0.3 is 0 Å². The van der Waals surface area contributed by atoms with E-state index in [2.05, 4.69) is 28.4 Å². The van der Waals surface area contributed by atoms with Crippen molar-refractivity contribution in [3.05, 3.63) is 66.8 Å². The summed E-state index contributed by atoms with van der Waals surface area (Å²) in [5, 5.41) is 0. The van der Waals surface area contributed by atoms with Crippen LogP contribution in [-0.4, -0.2) is 26.9 Å². The first-order valence-electron chi connectivity index (χ1n) is 6.29. The first kappa shape index (κ1) is 11.7. The Morgan fingerprint density at radius 1 is 1.32 bits per heavy atom. The van der Waals surface area contributed by atoms with E-state index in [0.29, 0.717) is 6.54 Å². The molecule has 0 aliphatic carbocycles. The molecule has 3 rings (SSSR count). The molecule has 1 aliphatic heterocycles. The summed E-state index contributed by atoms with van der Waals surface area (Å²) in [4.78, 5) is 18.0. The summed E-state index contributed by atoms with van der Waals surface area (Å²) in [6, 6.07) is 7.93. The molecule has 0 bridgehead atoms. The average Bonchev–Trinajstić information content (AvgIpc) is 2.94. The Hall–Kier alpha value is -2.36. The Balaban J connectivity index is 2.09. The standard InChI is InChI=1S/C15H15N3O/c1-2-14(19)18-11-10-17-9-3-4-13(17)15(18)12-5-7-16-8-6-12/h2-9,15H,1,10-11H2. The summed E-state index contributed by atoms with van der Waals surface area (Å²) in [5.41, 5.74) is 2.21. The normalized spacial score (nSPS) is 17.9. The van der Waals surface area contributed by atoms with Gasteiger partial charge in [0.15, 0.2) is 0 Å². The third-order valence-corrected chi connectivity index (χ3v) is 3.52. The van der Waals surface area contributed by atoms with E-state index >= 15 is 0 Å². The highest BCUT2D eigenvalue weighted by atomic mass is 16.2. The number of hydrogen-bond acceptors (Lipinski definition) is 2. The van der Waals surface area contributed by atoms with Crippen LogP contribution < -0.4 is 0 Å². The Kier molecular flexibility index (Phi) is 2.91. The highest BCUT2D eigenvalue weighted by Crippen LogP contribution is 2.32. The molecule has 4 heteroatoms. The SMILES string of the molecule is C=CC(=O)N1CCn2cccc2C1c1ccncc1. The summed E-state index contributed by atoms with van der Waals surface area (Å²) in [6.45, 7) is 5.11. The first-order chi connectivity index (χ1) is 9.31. The predicted molar refractivity (Wildman–Crippen MR) is 72.4 cm³/mol. The Bertz CT molecular complexity index is 603. The van der Waals surface area contributed by atoms with Crippen LogP contribution in [0.5, 0.6) is 0 Å². The number of fused-ring (bicyclic) bond motifs is 1. The molecule has 3 heterocycles. The van der Waals surface area contributed by atoms with Crippen LogP contribution in [0.2, 0.25) is 0 Å². The van der Waals surface area contributed by atoms with E-state index < -0.39 is 0 Å². The first-order valence-corrected chi connectivity index (χ1v) is 6.29. The molecule has 19 heavy (non-hydrogen) atoms. The fraction of sp³-hybridized carbons (Fsp3) is 0.200. The van der Waals surface area contributed by atoms with Crippen molar-refractivity contribution in [1.82, 2.24) is 14.5 Å². The third-order valence-electron chi connectivity index (χ3n) is 3.52. The van der Waals surface area contributed by atoms with Gasteiger partial charge in [-0.25, -0.2) is 0 Å². The van der Waals surface area contributed by atoms with Crippen molar-refractivity contribution in [3.8, 4) is 0 Å². The van der Waals surface area contributed by atoms with Crippen LogP contribution in [0.3, 0.4) is 0 Å². The van der Waals surface area contributed by atoms with Gasteiger partial charge in [-0.3, -0.25) is 9.78 Å². The molecule has 1 amide bonds. The second-order valence-corrected chi connectivity index (χ2v) is 4.55. The lowest BCUT2D eigenvalue weighted by molar-refractivity contribution is -0.128. The molecule has 1 unspecified atom stereocenters. The fourth-order valence-electron chi connectivity index (χ4n) is 2.63. The fourth-order valence-corrected chi connectivity index (χ4v) is 2.63. The monoisotopic (exact) mass is 253 g/mol. The molecule has 0 N–H and O–H groups in total. The van der Waals surface area contributed by atoms with Crippen molar-refractivity contribution in [2.75, 3.05) is 6.54 Å². The zero-order valence-electron chi connectivity index (χ0n) is 10.6. The smallest absolute Gasteiger partial charge is 0.246 e. The van der Waals surface area contributed by atoms with Crippen molar-refractivity contribution in [2.24, 2.45) is 0 Å². The lowest BCUT2D eigenvalue weighted by atomic mass is 10.0. The van der Waals surface area contributed by atoms with Gasteiger partial charge in [0.1, 0.15) is 0 Å². The number of pyridine rings is 1. The highest BCUT2D eigenvalue weighted by molar-refractivity contribution is 5.87. The van der Waals surface area contributed by atoms with Gasteiger partial charge in [-0.05, 0) is 35.9 Å². The molecule has 0 saturated heterocycles. The van der Waals surface area contributed by atoms with Gasteiger partial charge in [-0.2, -0.15) is 0 Å². The molecular formula is C15H15N3O. The average molecular weight is 253 g/mol. The molecule has 0 radical (unpaired) electrons. The zero-order chi connectivity index (χ0) is 13.2. The van der Waals surface area contributed by atoms with Gasteiger partial charge in [0.05, 0.1) is 6.04 Å². The van der Waals surface area contributed by atoms with E-state index in [1.165, 1.54) is 6.08 Å². The number of carbonyl (C=O) groups excluding carboxylic acids is 1. The maximum absolute atomic E-state index is 12.1. The lowest BCUT2D eigenvalue weighted by Crippen LogP contribution is -2.41. The van der Waals surface area contributed by atoms with E-state index in [-0.39, 0.29) is 11.9 Å². The third kappa shape index (κ3) is 1.95. The molecule has 4 nitrogen and oxygen atoms in total. The van der Waals surface area contributed by atoms with Crippen LogP contribution >= 0.6 is 0 Å². The van der Waals surface area contributed by atoms with E-state index in [0.717, 1.165) is 17.8 Å².